The first-order valence-electron chi connectivity index (χ1n) is 4.64. The number of hydrogen-bond donors (Lipinski definition) is 1. The number of aromatic nitrogens is 3. The number of nitrogens with zero attached hydrogens (tertiary/aromatic N) is 3. The molecule has 0 aromatic carbocycles. The zero-order valence-electron chi connectivity index (χ0n) is 7.97. The largest absolute Gasteiger partial charge is 0.388 e. The topological polar surface area (TPSA) is 50.9 Å². The van der Waals surface area contributed by atoms with Crippen LogP contribution < -0.4 is 0 Å². The highest BCUT2D eigenvalue weighted by Crippen LogP contribution is 2.47. The van der Waals surface area contributed by atoms with Gasteiger partial charge in [-0.15, -0.1) is 11.3 Å². The number of fused-ring (bicyclic) bond motifs is 1. The molecule has 4 nitrogen and oxygen atoms in total. The lowest BCUT2D eigenvalue weighted by molar-refractivity contribution is -0.0350. The number of rotatable bonds is 1. The zero-order valence-corrected chi connectivity index (χ0v) is 8.79. The van der Waals surface area contributed by atoms with E-state index in [0.717, 1.165) is 4.68 Å². The minimum absolute atomic E-state index is 0.195. The van der Waals surface area contributed by atoms with Gasteiger partial charge in [0.1, 0.15) is 5.69 Å². The van der Waals surface area contributed by atoms with Gasteiger partial charge in [0.2, 0.25) is 5.13 Å². The van der Waals surface area contributed by atoms with Gasteiger partial charge in [0.15, 0.2) is 0 Å². The Balaban J connectivity index is 2.21. The first kappa shape index (κ1) is 9.86. The summed E-state index contributed by atoms with van der Waals surface area (Å²) >= 11 is 1.22. The van der Waals surface area contributed by atoms with E-state index in [1.165, 1.54) is 23.7 Å². The number of aliphatic hydroxyl groups is 1. The quantitative estimate of drug-likeness (QED) is 0.831. The predicted octanol–water partition coefficient (Wildman–Crippen LogP) is 1.86. The van der Waals surface area contributed by atoms with Crippen molar-refractivity contribution >= 4 is 11.3 Å². The third-order valence-electron chi connectivity index (χ3n) is 2.55. The molecule has 0 aliphatic heterocycles. The molecule has 16 heavy (non-hydrogen) atoms. The van der Waals surface area contributed by atoms with Gasteiger partial charge in [-0.1, -0.05) is 0 Å². The molecule has 0 radical (unpaired) electrons. The summed E-state index contributed by atoms with van der Waals surface area (Å²) in [6.07, 6.45) is 1.09. The lowest BCUT2D eigenvalue weighted by Gasteiger charge is -2.11. The molecule has 0 fully saturated rings. The summed E-state index contributed by atoms with van der Waals surface area (Å²) < 4.78 is 28.4. The van der Waals surface area contributed by atoms with Gasteiger partial charge in [-0.25, -0.2) is 9.67 Å². The molecule has 3 rings (SSSR count). The van der Waals surface area contributed by atoms with E-state index in [1.807, 2.05) is 0 Å². The van der Waals surface area contributed by atoms with Gasteiger partial charge < -0.3 is 5.11 Å². The normalized spacial score (nSPS) is 22.3. The van der Waals surface area contributed by atoms with Crippen molar-refractivity contribution in [2.24, 2.45) is 0 Å². The van der Waals surface area contributed by atoms with E-state index in [4.69, 9.17) is 0 Å². The highest BCUT2D eigenvalue weighted by molar-refractivity contribution is 7.12. The van der Waals surface area contributed by atoms with Crippen molar-refractivity contribution in [3.05, 3.63) is 29.0 Å². The minimum Gasteiger partial charge on any atom is -0.388 e. The van der Waals surface area contributed by atoms with Crippen molar-refractivity contribution in [2.45, 2.75) is 18.4 Å². The van der Waals surface area contributed by atoms with E-state index in [1.54, 1.807) is 5.38 Å². The van der Waals surface area contributed by atoms with E-state index < -0.39 is 18.4 Å². The van der Waals surface area contributed by atoms with Crippen LogP contribution in [0.25, 0.3) is 5.13 Å². The minimum atomic E-state index is -3.04. The predicted molar refractivity (Wildman–Crippen MR) is 52.7 cm³/mol. The van der Waals surface area contributed by atoms with E-state index in [2.05, 4.69) is 10.1 Å². The Labute approximate surface area is 93.2 Å². The summed E-state index contributed by atoms with van der Waals surface area (Å²) in [6, 6.07) is 0. The molecule has 1 aliphatic carbocycles. The third-order valence-corrected chi connectivity index (χ3v) is 3.30. The Hall–Kier alpha value is -1.34. The average Bonchev–Trinajstić information content (AvgIpc) is 2.88. The van der Waals surface area contributed by atoms with E-state index >= 15 is 0 Å². The number of thiazole rings is 1. The Bertz CT molecular complexity index is 523. The van der Waals surface area contributed by atoms with Crippen LogP contribution in [0.2, 0.25) is 0 Å². The third kappa shape index (κ3) is 1.21. The smallest absolute Gasteiger partial charge is 0.293 e. The number of halogens is 2. The van der Waals surface area contributed by atoms with Gasteiger partial charge in [-0.2, -0.15) is 13.9 Å². The van der Waals surface area contributed by atoms with Crippen molar-refractivity contribution in [3.8, 4) is 5.13 Å². The SMILES string of the molecule is OC1CC(F)(F)c2c1cnn2-c1nccs1. The Morgan fingerprint density at radius 1 is 1.56 bits per heavy atom. The van der Waals surface area contributed by atoms with Gasteiger partial charge >= 0.3 is 0 Å². The maximum absolute atomic E-state index is 13.6. The highest BCUT2D eigenvalue weighted by atomic mass is 32.1. The molecule has 7 heteroatoms. The lowest BCUT2D eigenvalue weighted by Crippen LogP contribution is -2.15. The van der Waals surface area contributed by atoms with Gasteiger partial charge in [0.25, 0.3) is 5.92 Å². The second kappa shape index (κ2) is 3.08. The molecular weight excluding hydrogens is 236 g/mol. The molecule has 1 aliphatic rings. The van der Waals surface area contributed by atoms with Crippen LogP contribution in [0.1, 0.15) is 23.8 Å². The molecule has 0 spiro atoms. The molecule has 1 atom stereocenters. The first-order valence-corrected chi connectivity index (χ1v) is 5.52. The van der Waals surface area contributed by atoms with Crippen LogP contribution in [0.15, 0.2) is 17.8 Å². The molecule has 84 valence electrons. The summed E-state index contributed by atoms with van der Waals surface area (Å²) in [4.78, 5) is 3.93. The average molecular weight is 243 g/mol. The summed E-state index contributed by atoms with van der Waals surface area (Å²) in [5.74, 6) is -3.04. The molecule has 2 aromatic rings. The molecule has 0 saturated carbocycles. The van der Waals surface area contributed by atoms with Crippen molar-refractivity contribution in [1.82, 2.24) is 14.8 Å². The van der Waals surface area contributed by atoms with Gasteiger partial charge in [0.05, 0.1) is 12.3 Å². The number of hydrogen-bond acceptors (Lipinski definition) is 4. The van der Waals surface area contributed by atoms with Crippen LogP contribution in [0.5, 0.6) is 0 Å². The van der Waals surface area contributed by atoms with Crippen molar-refractivity contribution < 1.29 is 13.9 Å². The standard InChI is InChI=1S/C9H7F2N3OS/c10-9(11)3-6(15)5-4-13-14(7(5)9)8-12-1-2-16-8/h1-2,4,6,15H,3H2. The molecule has 0 bridgehead atoms. The molecule has 0 amide bonds. The molecule has 2 aromatic heterocycles. The maximum Gasteiger partial charge on any atom is 0.293 e. The zero-order chi connectivity index (χ0) is 11.3. The van der Waals surface area contributed by atoms with Gasteiger partial charge in [0, 0.05) is 23.6 Å². The molecule has 1 unspecified atom stereocenters. The second-order valence-corrected chi connectivity index (χ2v) is 4.47. The second-order valence-electron chi connectivity index (χ2n) is 3.60. The van der Waals surface area contributed by atoms with E-state index in [9.17, 15) is 13.9 Å². The number of aliphatic hydroxyl groups excluding tert-OH is 1. The van der Waals surface area contributed by atoms with Crippen LogP contribution in [0.3, 0.4) is 0 Å². The molecular formula is C9H7F2N3OS. The van der Waals surface area contributed by atoms with Crippen molar-refractivity contribution in [3.63, 3.8) is 0 Å². The van der Waals surface area contributed by atoms with Gasteiger partial charge in [-0.05, 0) is 0 Å². The van der Waals surface area contributed by atoms with Crippen molar-refractivity contribution in [2.75, 3.05) is 0 Å². The Morgan fingerprint density at radius 3 is 3.06 bits per heavy atom. The van der Waals surface area contributed by atoms with Crippen LogP contribution >= 0.6 is 11.3 Å². The highest BCUT2D eigenvalue weighted by Gasteiger charge is 2.48. The Morgan fingerprint density at radius 2 is 2.38 bits per heavy atom. The molecule has 1 N–H and O–H groups in total. The molecule has 2 heterocycles. The van der Waals surface area contributed by atoms with Crippen LogP contribution in [0.4, 0.5) is 8.78 Å². The van der Waals surface area contributed by atoms with Crippen LogP contribution in [-0.4, -0.2) is 19.9 Å². The van der Waals surface area contributed by atoms with Crippen LogP contribution in [-0.2, 0) is 5.92 Å². The fourth-order valence-corrected chi connectivity index (χ4v) is 2.49. The van der Waals surface area contributed by atoms with Gasteiger partial charge in [-0.3, -0.25) is 0 Å². The lowest BCUT2D eigenvalue weighted by atomic mass is 10.2. The molecule has 0 saturated heterocycles. The Kier molecular flexibility index (Phi) is 1.90. The summed E-state index contributed by atoms with van der Waals surface area (Å²) in [7, 11) is 0. The van der Waals surface area contributed by atoms with E-state index in [-0.39, 0.29) is 11.3 Å². The van der Waals surface area contributed by atoms with Crippen molar-refractivity contribution in [1.29, 1.82) is 0 Å². The fraction of sp³-hybridized carbons (Fsp3) is 0.333. The summed E-state index contributed by atoms with van der Waals surface area (Å²) in [5.41, 5.74) is -0.0462. The van der Waals surface area contributed by atoms with E-state index in [0.29, 0.717) is 5.13 Å². The fourth-order valence-electron chi connectivity index (χ4n) is 1.89. The van der Waals surface area contributed by atoms with Crippen LogP contribution in [0, 0.1) is 0 Å². The number of alkyl halides is 2. The monoisotopic (exact) mass is 243 g/mol. The summed E-state index contributed by atoms with van der Waals surface area (Å²) in [6.45, 7) is 0. The first-order chi connectivity index (χ1) is 7.59. The summed E-state index contributed by atoms with van der Waals surface area (Å²) in [5, 5.41) is 15.4. The maximum atomic E-state index is 13.6.